The van der Waals surface area contributed by atoms with Crippen LogP contribution in [0.15, 0.2) is 47.2 Å². The molecule has 0 atom stereocenters. The Morgan fingerprint density at radius 2 is 1.93 bits per heavy atom. The van der Waals surface area contributed by atoms with E-state index in [0.29, 0.717) is 0 Å². The number of hydrogen-bond acceptors (Lipinski definition) is 2. The van der Waals surface area contributed by atoms with Gasteiger partial charge in [-0.05, 0) is 18.2 Å². The molecule has 2 aromatic heterocycles. The minimum Gasteiger partial charge on any atom is -0.254 e. The molecule has 3 rings (SSSR count). The smallest absolute Gasteiger partial charge is 0.0976 e. The van der Waals surface area contributed by atoms with Gasteiger partial charge in [-0.25, -0.2) is 0 Å². The number of halogens is 1. The van der Waals surface area contributed by atoms with Crippen molar-refractivity contribution in [2.24, 2.45) is 0 Å². The summed E-state index contributed by atoms with van der Waals surface area (Å²) >= 11 is 3.55. The van der Waals surface area contributed by atoms with Crippen LogP contribution in [0.25, 0.3) is 21.8 Å². The molecule has 15 heavy (non-hydrogen) atoms. The number of fused-ring (bicyclic) bond motifs is 3. The SMILES string of the molecule is Brc1cccc2cnc3cccnc3c12. The Morgan fingerprint density at radius 1 is 1.00 bits per heavy atom. The van der Waals surface area contributed by atoms with Gasteiger partial charge in [0.2, 0.25) is 0 Å². The first-order valence-electron chi connectivity index (χ1n) is 4.64. The molecule has 0 bridgehead atoms. The van der Waals surface area contributed by atoms with Crippen molar-refractivity contribution in [2.75, 3.05) is 0 Å². The summed E-state index contributed by atoms with van der Waals surface area (Å²) in [4.78, 5) is 8.74. The van der Waals surface area contributed by atoms with E-state index >= 15 is 0 Å². The van der Waals surface area contributed by atoms with Crippen molar-refractivity contribution in [3.63, 3.8) is 0 Å². The maximum atomic E-state index is 4.38. The molecule has 0 aliphatic rings. The highest BCUT2D eigenvalue weighted by molar-refractivity contribution is 9.10. The topological polar surface area (TPSA) is 25.8 Å². The number of hydrogen-bond donors (Lipinski definition) is 0. The zero-order valence-electron chi connectivity index (χ0n) is 7.81. The highest BCUT2D eigenvalue weighted by Gasteiger charge is 2.04. The molecule has 3 aromatic rings. The zero-order chi connectivity index (χ0) is 10.3. The predicted octanol–water partition coefficient (Wildman–Crippen LogP) is 3.55. The molecule has 0 radical (unpaired) electrons. The van der Waals surface area contributed by atoms with Crippen LogP contribution in [-0.2, 0) is 0 Å². The van der Waals surface area contributed by atoms with Gasteiger partial charge in [-0.3, -0.25) is 9.97 Å². The van der Waals surface area contributed by atoms with Crippen molar-refractivity contribution in [1.82, 2.24) is 9.97 Å². The second kappa shape index (κ2) is 3.28. The molecule has 72 valence electrons. The summed E-state index contributed by atoms with van der Waals surface area (Å²) in [5.41, 5.74) is 1.87. The van der Waals surface area contributed by atoms with E-state index in [1.165, 1.54) is 0 Å². The summed E-state index contributed by atoms with van der Waals surface area (Å²) in [6, 6.07) is 9.94. The molecule has 2 nitrogen and oxygen atoms in total. The molecule has 0 N–H and O–H groups in total. The van der Waals surface area contributed by atoms with Crippen LogP contribution in [0, 0.1) is 0 Å². The molecule has 0 saturated carbocycles. The van der Waals surface area contributed by atoms with Crippen LogP contribution in [0.3, 0.4) is 0 Å². The zero-order valence-corrected chi connectivity index (χ0v) is 9.40. The third-order valence-electron chi connectivity index (χ3n) is 2.41. The fourth-order valence-electron chi connectivity index (χ4n) is 1.73. The highest BCUT2D eigenvalue weighted by Crippen LogP contribution is 2.28. The summed E-state index contributed by atoms with van der Waals surface area (Å²) in [5, 5.41) is 2.23. The van der Waals surface area contributed by atoms with Gasteiger partial charge >= 0.3 is 0 Å². The number of aromatic nitrogens is 2. The first-order chi connectivity index (χ1) is 7.36. The summed E-state index contributed by atoms with van der Waals surface area (Å²) in [5.74, 6) is 0. The van der Waals surface area contributed by atoms with Crippen LogP contribution in [0.2, 0.25) is 0 Å². The Labute approximate surface area is 95.1 Å². The summed E-state index contributed by atoms with van der Waals surface area (Å²) in [6.45, 7) is 0. The van der Waals surface area contributed by atoms with Gasteiger partial charge in [0.1, 0.15) is 0 Å². The third kappa shape index (κ3) is 1.31. The monoisotopic (exact) mass is 258 g/mol. The van der Waals surface area contributed by atoms with Crippen LogP contribution in [-0.4, -0.2) is 9.97 Å². The number of rotatable bonds is 0. The normalized spacial score (nSPS) is 11.0. The van der Waals surface area contributed by atoms with Crippen LogP contribution < -0.4 is 0 Å². The van der Waals surface area contributed by atoms with Crippen LogP contribution in [0.5, 0.6) is 0 Å². The number of benzene rings is 1. The lowest BCUT2D eigenvalue weighted by Gasteiger charge is -2.03. The van der Waals surface area contributed by atoms with E-state index in [1.54, 1.807) is 6.20 Å². The fourth-order valence-corrected chi connectivity index (χ4v) is 2.30. The van der Waals surface area contributed by atoms with Crippen molar-refractivity contribution in [1.29, 1.82) is 0 Å². The average molecular weight is 259 g/mol. The van der Waals surface area contributed by atoms with Crippen molar-refractivity contribution >= 4 is 37.7 Å². The van der Waals surface area contributed by atoms with E-state index in [-0.39, 0.29) is 0 Å². The predicted molar refractivity (Wildman–Crippen MR) is 64.7 cm³/mol. The highest BCUT2D eigenvalue weighted by atomic mass is 79.9. The van der Waals surface area contributed by atoms with Crippen LogP contribution >= 0.6 is 15.9 Å². The Bertz CT molecular complexity index is 649. The number of nitrogens with zero attached hydrogens (tertiary/aromatic N) is 2. The number of pyridine rings is 2. The molecule has 3 heteroatoms. The summed E-state index contributed by atoms with van der Waals surface area (Å²) in [6.07, 6.45) is 3.67. The van der Waals surface area contributed by atoms with E-state index in [0.717, 1.165) is 26.3 Å². The lowest BCUT2D eigenvalue weighted by Crippen LogP contribution is -1.85. The van der Waals surface area contributed by atoms with Gasteiger partial charge in [0.15, 0.2) is 0 Å². The maximum absolute atomic E-state index is 4.38. The molecule has 0 fully saturated rings. The van der Waals surface area contributed by atoms with Gasteiger partial charge in [-0.1, -0.05) is 28.1 Å². The molecule has 0 amide bonds. The van der Waals surface area contributed by atoms with Gasteiger partial charge in [0.25, 0.3) is 0 Å². The molecule has 1 aromatic carbocycles. The average Bonchev–Trinajstić information content (AvgIpc) is 2.29. The van der Waals surface area contributed by atoms with Gasteiger partial charge in [-0.2, -0.15) is 0 Å². The first kappa shape index (κ1) is 8.80. The standard InChI is InChI=1S/C12H7BrN2/c13-9-4-1-3-8-7-15-10-5-2-6-14-12(10)11(8)9/h1-7H. The molecule has 0 aliphatic heterocycles. The maximum Gasteiger partial charge on any atom is 0.0976 e. The van der Waals surface area contributed by atoms with E-state index in [1.807, 2.05) is 36.5 Å². The second-order valence-electron chi connectivity index (χ2n) is 3.33. The van der Waals surface area contributed by atoms with Gasteiger partial charge < -0.3 is 0 Å². The minimum absolute atomic E-state index is 0.928. The van der Waals surface area contributed by atoms with Gasteiger partial charge in [-0.15, -0.1) is 0 Å². The van der Waals surface area contributed by atoms with Crippen molar-refractivity contribution < 1.29 is 0 Å². The second-order valence-corrected chi connectivity index (χ2v) is 4.19. The minimum atomic E-state index is 0.928. The molecule has 0 unspecified atom stereocenters. The van der Waals surface area contributed by atoms with Gasteiger partial charge in [0.05, 0.1) is 11.0 Å². The largest absolute Gasteiger partial charge is 0.254 e. The lowest BCUT2D eigenvalue weighted by atomic mass is 10.1. The molecule has 0 aliphatic carbocycles. The van der Waals surface area contributed by atoms with Crippen molar-refractivity contribution in [3.8, 4) is 0 Å². The van der Waals surface area contributed by atoms with Crippen LogP contribution in [0.1, 0.15) is 0 Å². The summed E-state index contributed by atoms with van der Waals surface area (Å²) < 4.78 is 1.06. The molecular formula is C12H7BrN2. The quantitative estimate of drug-likeness (QED) is 0.577. The fraction of sp³-hybridized carbons (Fsp3) is 0. The van der Waals surface area contributed by atoms with E-state index < -0.39 is 0 Å². The lowest BCUT2D eigenvalue weighted by molar-refractivity contribution is 1.36. The Balaban J connectivity index is 2.64. The van der Waals surface area contributed by atoms with Crippen molar-refractivity contribution in [2.45, 2.75) is 0 Å². The molecule has 0 spiro atoms. The molecule has 2 heterocycles. The Morgan fingerprint density at radius 3 is 2.87 bits per heavy atom. The first-order valence-corrected chi connectivity index (χ1v) is 5.43. The van der Waals surface area contributed by atoms with Crippen molar-refractivity contribution in [3.05, 3.63) is 47.2 Å². The Hall–Kier alpha value is -1.48. The van der Waals surface area contributed by atoms with E-state index in [2.05, 4.69) is 25.9 Å². The van der Waals surface area contributed by atoms with Gasteiger partial charge in [0, 0.05) is 27.6 Å². The molecular weight excluding hydrogens is 252 g/mol. The van der Waals surface area contributed by atoms with E-state index in [4.69, 9.17) is 0 Å². The van der Waals surface area contributed by atoms with E-state index in [9.17, 15) is 0 Å². The Kier molecular flexibility index (Phi) is 1.92. The van der Waals surface area contributed by atoms with Crippen LogP contribution in [0.4, 0.5) is 0 Å². The third-order valence-corrected chi connectivity index (χ3v) is 3.07. The summed E-state index contributed by atoms with van der Waals surface area (Å²) in [7, 11) is 0. The molecule has 0 saturated heterocycles.